The lowest BCUT2D eigenvalue weighted by Gasteiger charge is -2.43. The normalized spacial score (nSPS) is 24.3. The first-order valence-corrected chi connectivity index (χ1v) is 7.52. The molecule has 2 rings (SSSR count). The lowest BCUT2D eigenvalue weighted by Crippen LogP contribution is -2.65. The van der Waals surface area contributed by atoms with E-state index in [0.29, 0.717) is 11.6 Å². The first kappa shape index (κ1) is 18.0. The molecule has 1 fully saturated rings. The summed E-state index contributed by atoms with van der Waals surface area (Å²) in [5, 5.41) is 2.98. The number of halogens is 4. The van der Waals surface area contributed by atoms with E-state index in [4.69, 9.17) is 17.3 Å². The van der Waals surface area contributed by atoms with Crippen molar-refractivity contribution in [3.8, 4) is 0 Å². The van der Waals surface area contributed by atoms with Crippen LogP contribution in [0.3, 0.4) is 0 Å². The summed E-state index contributed by atoms with van der Waals surface area (Å²) in [4.78, 5) is 17.6. The van der Waals surface area contributed by atoms with Crippen LogP contribution < -0.4 is 11.1 Å². The van der Waals surface area contributed by atoms with Crippen LogP contribution in [0, 0.1) is 0 Å². The fourth-order valence-electron chi connectivity index (χ4n) is 2.53. The first-order chi connectivity index (χ1) is 10.6. The monoisotopic (exact) mass is 350 g/mol. The van der Waals surface area contributed by atoms with Crippen LogP contribution in [-0.2, 0) is 4.79 Å². The number of aromatic nitrogens is 1. The van der Waals surface area contributed by atoms with Crippen molar-refractivity contribution in [1.29, 1.82) is 0 Å². The number of amides is 1. The van der Waals surface area contributed by atoms with E-state index >= 15 is 0 Å². The van der Waals surface area contributed by atoms with Crippen LogP contribution >= 0.6 is 11.6 Å². The highest BCUT2D eigenvalue weighted by atomic mass is 35.5. The van der Waals surface area contributed by atoms with Crippen molar-refractivity contribution < 1.29 is 18.0 Å². The van der Waals surface area contributed by atoms with Crippen LogP contribution in [0.1, 0.15) is 19.8 Å². The van der Waals surface area contributed by atoms with Gasteiger partial charge in [-0.25, -0.2) is 4.98 Å². The molecule has 0 bridgehead atoms. The molecular formula is C14H18ClF3N4O. The van der Waals surface area contributed by atoms with E-state index in [1.165, 1.54) is 17.2 Å². The third-order valence-electron chi connectivity index (χ3n) is 4.02. The second-order valence-corrected chi connectivity index (χ2v) is 6.19. The Balaban J connectivity index is 2.03. The zero-order valence-corrected chi connectivity index (χ0v) is 13.3. The van der Waals surface area contributed by atoms with E-state index in [1.807, 2.05) is 0 Å². The van der Waals surface area contributed by atoms with Crippen molar-refractivity contribution in [2.75, 3.05) is 18.4 Å². The molecule has 1 aromatic heterocycles. The van der Waals surface area contributed by atoms with Gasteiger partial charge < -0.3 is 11.1 Å². The Morgan fingerprint density at radius 2 is 2.22 bits per heavy atom. The number of nitrogens with one attached hydrogen (secondary N) is 1. The number of carbonyl (C=O) groups excluding carboxylic acids is 1. The van der Waals surface area contributed by atoms with Gasteiger partial charge in [-0.2, -0.15) is 13.2 Å². The molecule has 0 aromatic carbocycles. The van der Waals surface area contributed by atoms with E-state index in [-0.39, 0.29) is 18.7 Å². The maximum Gasteiger partial charge on any atom is 0.407 e. The Morgan fingerprint density at radius 1 is 1.52 bits per heavy atom. The molecule has 128 valence electrons. The average Bonchev–Trinajstić information content (AvgIpc) is 2.47. The molecule has 2 heterocycles. The number of likely N-dealkylation sites (tertiary alicyclic amines) is 1. The average molecular weight is 351 g/mol. The van der Waals surface area contributed by atoms with Crippen molar-refractivity contribution >= 4 is 23.3 Å². The molecule has 2 atom stereocenters. The molecule has 1 saturated heterocycles. The van der Waals surface area contributed by atoms with E-state index in [1.54, 1.807) is 13.0 Å². The summed E-state index contributed by atoms with van der Waals surface area (Å²) in [7, 11) is 0. The van der Waals surface area contributed by atoms with Crippen LogP contribution in [-0.4, -0.2) is 46.6 Å². The van der Waals surface area contributed by atoms with Crippen LogP contribution in [0.5, 0.6) is 0 Å². The van der Waals surface area contributed by atoms with Crippen LogP contribution in [0.2, 0.25) is 5.02 Å². The molecule has 1 aromatic rings. The van der Waals surface area contributed by atoms with Gasteiger partial charge >= 0.3 is 6.18 Å². The molecule has 0 aliphatic carbocycles. The predicted octanol–water partition coefficient (Wildman–Crippen LogP) is 2.42. The van der Waals surface area contributed by atoms with Gasteiger partial charge in [0.05, 0.1) is 11.1 Å². The minimum Gasteiger partial charge on any atom is -0.317 e. The highest BCUT2D eigenvalue weighted by Gasteiger charge is 2.54. The summed E-state index contributed by atoms with van der Waals surface area (Å²) in [5.41, 5.74) is 3.23. The summed E-state index contributed by atoms with van der Waals surface area (Å²) in [6.07, 6.45) is -2.98. The minimum absolute atomic E-state index is 0.139. The number of hydrogen-bond acceptors (Lipinski definition) is 4. The lowest BCUT2D eigenvalue weighted by molar-refractivity contribution is -0.200. The second kappa shape index (κ2) is 6.62. The molecule has 1 amide bonds. The SMILES string of the molecule is C[C@@H](C(=O)Nc1ccc(Cl)cn1)N1CCC[C@](N)(C(F)(F)F)C1. The molecule has 1 aliphatic heterocycles. The Bertz CT molecular complexity index is 566. The first-order valence-electron chi connectivity index (χ1n) is 7.14. The number of nitrogens with zero attached hydrogens (tertiary/aromatic N) is 2. The molecule has 0 saturated carbocycles. The van der Waals surface area contributed by atoms with E-state index in [0.717, 1.165) is 0 Å². The third-order valence-corrected chi connectivity index (χ3v) is 4.25. The van der Waals surface area contributed by atoms with Crippen molar-refractivity contribution in [3.63, 3.8) is 0 Å². The van der Waals surface area contributed by atoms with Crippen LogP contribution in [0.15, 0.2) is 18.3 Å². The molecule has 1 aliphatic rings. The molecule has 0 unspecified atom stereocenters. The second-order valence-electron chi connectivity index (χ2n) is 5.75. The third kappa shape index (κ3) is 4.13. The van der Waals surface area contributed by atoms with Crippen LogP contribution in [0.25, 0.3) is 0 Å². The lowest BCUT2D eigenvalue weighted by atomic mass is 9.88. The van der Waals surface area contributed by atoms with Gasteiger partial charge in [-0.1, -0.05) is 11.6 Å². The number of piperidine rings is 1. The fraction of sp³-hybridized carbons (Fsp3) is 0.571. The number of rotatable bonds is 3. The zero-order chi connectivity index (χ0) is 17.3. The van der Waals surface area contributed by atoms with E-state index in [2.05, 4.69) is 10.3 Å². The summed E-state index contributed by atoms with van der Waals surface area (Å²) in [5.74, 6) is -0.149. The van der Waals surface area contributed by atoms with Gasteiger partial charge in [0.25, 0.3) is 0 Å². The largest absolute Gasteiger partial charge is 0.407 e. The Morgan fingerprint density at radius 3 is 2.78 bits per heavy atom. The smallest absolute Gasteiger partial charge is 0.317 e. The predicted molar refractivity (Wildman–Crippen MR) is 81.1 cm³/mol. The number of anilines is 1. The van der Waals surface area contributed by atoms with Gasteiger partial charge in [0.2, 0.25) is 5.91 Å². The van der Waals surface area contributed by atoms with Crippen LogP contribution in [0.4, 0.5) is 19.0 Å². The molecule has 5 nitrogen and oxygen atoms in total. The summed E-state index contributed by atoms with van der Waals surface area (Å²) < 4.78 is 39.2. The summed E-state index contributed by atoms with van der Waals surface area (Å²) in [6, 6.07) is 2.33. The number of hydrogen-bond donors (Lipinski definition) is 2. The van der Waals surface area contributed by atoms with E-state index in [9.17, 15) is 18.0 Å². The number of pyridine rings is 1. The maximum absolute atomic E-state index is 13.1. The van der Waals surface area contributed by atoms with E-state index < -0.39 is 30.2 Å². The van der Waals surface area contributed by atoms with Gasteiger partial charge in [0.15, 0.2) is 0 Å². The highest BCUT2D eigenvalue weighted by molar-refractivity contribution is 6.30. The quantitative estimate of drug-likeness (QED) is 0.878. The maximum atomic E-state index is 13.1. The number of carbonyl (C=O) groups is 1. The summed E-state index contributed by atoms with van der Waals surface area (Å²) in [6.45, 7) is 1.53. The molecule has 0 radical (unpaired) electrons. The van der Waals surface area contributed by atoms with Crippen molar-refractivity contribution in [3.05, 3.63) is 23.4 Å². The van der Waals surface area contributed by atoms with Gasteiger partial charge in [-0.15, -0.1) is 0 Å². The molecule has 3 N–H and O–H groups in total. The Labute approximate surface area is 137 Å². The van der Waals surface area contributed by atoms with Crippen molar-refractivity contribution in [2.45, 2.75) is 37.5 Å². The van der Waals surface area contributed by atoms with Crippen molar-refractivity contribution in [1.82, 2.24) is 9.88 Å². The molecule has 0 spiro atoms. The zero-order valence-electron chi connectivity index (χ0n) is 12.5. The topological polar surface area (TPSA) is 71.2 Å². The molecule has 23 heavy (non-hydrogen) atoms. The number of alkyl halides is 3. The van der Waals surface area contributed by atoms with Crippen molar-refractivity contribution in [2.24, 2.45) is 5.73 Å². The fourth-order valence-corrected chi connectivity index (χ4v) is 2.64. The Hall–Kier alpha value is -1.38. The van der Waals surface area contributed by atoms with Gasteiger partial charge in [0, 0.05) is 12.7 Å². The molecule has 9 heteroatoms. The summed E-state index contributed by atoms with van der Waals surface area (Å²) >= 11 is 5.70. The Kier molecular flexibility index (Phi) is 5.17. The number of nitrogens with two attached hydrogens (primary N) is 1. The standard InChI is InChI=1S/C14H18ClF3N4O/c1-9(12(23)21-11-4-3-10(15)7-20-11)22-6-2-5-13(19,8-22)14(16,17)18/h3-4,7,9H,2,5-6,8,19H2,1H3,(H,20,21,23)/t9-,13+/m0/s1. The van der Waals surface area contributed by atoms with Gasteiger partial charge in [0.1, 0.15) is 11.4 Å². The molecular weight excluding hydrogens is 333 g/mol. The minimum atomic E-state index is -4.50. The highest BCUT2D eigenvalue weighted by Crippen LogP contribution is 2.35. The van der Waals surface area contributed by atoms with Gasteiger partial charge in [-0.05, 0) is 38.4 Å². The van der Waals surface area contributed by atoms with Gasteiger partial charge in [-0.3, -0.25) is 9.69 Å².